The fourth-order valence-electron chi connectivity index (χ4n) is 4.37. The van der Waals surface area contributed by atoms with E-state index in [1.165, 1.54) is 10.4 Å². The SMILES string of the molecule is O=C(COc1ccccc1)N(CC(=O)N1CCc2sccc2C1c1ccccc1)C1CC1. The van der Waals surface area contributed by atoms with Gasteiger partial charge in [0.2, 0.25) is 5.91 Å². The zero-order valence-electron chi connectivity index (χ0n) is 17.9. The van der Waals surface area contributed by atoms with Gasteiger partial charge in [0.05, 0.1) is 6.04 Å². The fraction of sp³-hybridized carbons (Fsp3) is 0.308. The molecule has 0 bridgehead atoms. The van der Waals surface area contributed by atoms with E-state index in [4.69, 9.17) is 4.74 Å². The normalized spacial score (nSPS) is 17.5. The molecule has 2 aromatic carbocycles. The molecule has 32 heavy (non-hydrogen) atoms. The van der Waals surface area contributed by atoms with Crippen LogP contribution in [0.4, 0.5) is 0 Å². The Hall–Kier alpha value is -3.12. The van der Waals surface area contributed by atoms with Gasteiger partial charge in [0.15, 0.2) is 6.61 Å². The smallest absolute Gasteiger partial charge is 0.261 e. The van der Waals surface area contributed by atoms with Crippen molar-refractivity contribution in [2.24, 2.45) is 0 Å². The largest absolute Gasteiger partial charge is 0.484 e. The molecule has 164 valence electrons. The van der Waals surface area contributed by atoms with Gasteiger partial charge in [-0.05, 0) is 54.0 Å². The van der Waals surface area contributed by atoms with E-state index in [0.29, 0.717) is 12.3 Å². The molecule has 5 nitrogen and oxygen atoms in total. The fourth-order valence-corrected chi connectivity index (χ4v) is 5.27. The molecule has 2 amide bonds. The summed E-state index contributed by atoms with van der Waals surface area (Å²) in [5.41, 5.74) is 2.31. The van der Waals surface area contributed by atoms with Crippen LogP contribution in [0.25, 0.3) is 0 Å². The zero-order valence-corrected chi connectivity index (χ0v) is 18.7. The Balaban J connectivity index is 1.32. The van der Waals surface area contributed by atoms with Crippen LogP contribution >= 0.6 is 11.3 Å². The lowest BCUT2D eigenvalue weighted by atomic mass is 9.93. The highest BCUT2D eigenvalue weighted by Crippen LogP contribution is 2.38. The van der Waals surface area contributed by atoms with Crippen LogP contribution in [0.5, 0.6) is 5.75 Å². The number of hydrogen-bond acceptors (Lipinski definition) is 4. The maximum Gasteiger partial charge on any atom is 0.261 e. The summed E-state index contributed by atoms with van der Waals surface area (Å²) >= 11 is 1.76. The molecule has 5 rings (SSSR count). The number of carbonyl (C=O) groups is 2. The van der Waals surface area contributed by atoms with Gasteiger partial charge in [-0.25, -0.2) is 0 Å². The minimum absolute atomic E-state index is 0.00401. The van der Waals surface area contributed by atoms with Crippen molar-refractivity contribution in [3.8, 4) is 5.75 Å². The van der Waals surface area contributed by atoms with E-state index >= 15 is 0 Å². The second-order valence-electron chi connectivity index (χ2n) is 8.30. The Labute approximate surface area is 192 Å². The molecule has 2 heterocycles. The Morgan fingerprint density at radius 2 is 1.72 bits per heavy atom. The highest BCUT2D eigenvalue weighted by molar-refractivity contribution is 7.10. The predicted molar refractivity (Wildman–Crippen MR) is 125 cm³/mol. The molecule has 3 aromatic rings. The van der Waals surface area contributed by atoms with Gasteiger partial charge in [-0.2, -0.15) is 0 Å². The summed E-state index contributed by atoms with van der Waals surface area (Å²) in [4.78, 5) is 31.5. The lowest BCUT2D eigenvalue weighted by Crippen LogP contribution is -2.48. The van der Waals surface area contributed by atoms with Gasteiger partial charge >= 0.3 is 0 Å². The predicted octanol–water partition coefficient (Wildman–Crippen LogP) is 4.29. The van der Waals surface area contributed by atoms with Crippen LogP contribution in [-0.2, 0) is 16.0 Å². The molecule has 2 aliphatic rings. The van der Waals surface area contributed by atoms with Crippen LogP contribution in [0.3, 0.4) is 0 Å². The lowest BCUT2D eigenvalue weighted by Gasteiger charge is -2.37. The van der Waals surface area contributed by atoms with Crippen molar-refractivity contribution in [3.63, 3.8) is 0 Å². The second-order valence-corrected chi connectivity index (χ2v) is 9.30. The number of amides is 2. The van der Waals surface area contributed by atoms with Crippen LogP contribution in [0.15, 0.2) is 72.1 Å². The molecule has 1 aromatic heterocycles. The van der Waals surface area contributed by atoms with Crippen molar-refractivity contribution < 1.29 is 14.3 Å². The average molecular weight is 447 g/mol. The maximum absolute atomic E-state index is 13.5. The molecule has 1 saturated carbocycles. The lowest BCUT2D eigenvalue weighted by molar-refractivity contribution is -0.143. The summed E-state index contributed by atoms with van der Waals surface area (Å²) in [6.07, 6.45) is 2.75. The third kappa shape index (κ3) is 4.41. The summed E-state index contributed by atoms with van der Waals surface area (Å²) < 4.78 is 5.67. The van der Waals surface area contributed by atoms with Crippen LogP contribution < -0.4 is 4.74 Å². The Kier molecular flexibility index (Phi) is 5.95. The third-order valence-electron chi connectivity index (χ3n) is 6.12. The van der Waals surface area contributed by atoms with Crippen molar-refractivity contribution in [1.82, 2.24) is 9.80 Å². The van der Waals surface area contributed by atoms with Crippen molar-refractivity contribution in [2.75, 3.05) is 19.7 Å². The first-order valence-electron chi connectivity index (χ1n) is 11.1. The van der Waals surface area contributed by atoms with Crippen molar-refractivity contribution >= 4 is 23.2 Å². The molecule has 1 aliphatic carbocycles. The highest BCUT2D eigenvalue weighted by atomic mass is 32.1. The molecule has 1 aliphatic heterocycles. The number of para-hydroxylation sites is 1. The van der Waals surface area contributed by atoms with E-state index in [2.05, 4.69) is 23.6 Å². The van der Waals surface area contributed by atoms with E-state index < -0.39 is 0 Å². The van der Waals surface area contributed by atoms with E-state index in [0.717, 1.165) is 24.8 Å². The molecule has 0 saturated heterocycles. The summed E-state index contributed by atoms with van der Waals surface area (Å²) in [6, 6.07) is 21.7. The minimum Gasteiger partial charge on any atom is -0.484 e. The first-order chi connectivity index (χ1) is 15.7. The van der Waals surface area contributed by atoms with E-state index in [9.17, 15) is 9.59 Å². The Morgan fingerprint density at radius 3 is 2.44 bits per heavy atom. The summed E-state index contributed by atoms with van der Waals surface area (Å²) in [5.74, 6) is 0.526. The number of nitrogens with zero attached hydrogens (tertiary/aromatic N) is 2. The summed E-state index contributed by atoms with van der Waals surface area (Å²) in [6.45, 7) is 0.716. The van der Waals surface area contributed by atoms with Crippen molar-refractivity contribution in [1.29, 1.82) is 0 Å². The van der Waals surface area contributed by atoms with Gasteiger partial charge in [0.1, 0.15) is 12.3 Å². The minimum atomic E-state index is -0.130. The van der Waals surface area contributed by atoms with Crippen LogP contribution in [-0.4, -0.2) is 47.4 Å². The van der Waals surface area contributed by atoms with Gasteiger partial charge in [-0.1, -0.05) is 48.5 Å². The molecule has 0 radical (unpaired) electrons. The number of benzene rings is 2. The number of thiophene rings is 1. The van der Waals surface area contributed by atoms with Gasteiger partial charge in [-0.15, -0.1) is 11.3 Å². The Bertz CT molecular complexity index is 1080. The first-order valence-corrected chi connectivity index (χ1v) is 12.0. The molecule has 1 atom stereocenters. The second kappa shape index (κ2) is 9.17. The first kappa shape index (κ1) is 20.8. The zero-order chi connectivity index (χ0) is 21.9. The highest BCUT2D eigenvalue weighted by Gasteiger charge is 2.38. The molecule has 1 fully saturated rings. The van der Waals surface area contributed by atoms with Gasteiger partial charge in [-0.3, -0.25) is 9.59 Å². The third-order valence-corrected chi connectivity index (χ3v) is 7.12. The maximum atomic E-state index is 13.5. The molecule has 0 spiro atoms. The number of fused-ring (bicyclic) bond motifs is 1. The average Bonchev–Trinajstić information content (AvgIpc) is 3.57. The van der Waals surface area contributed by atoms with Crippen molar-refractivity contribution in [3.05, 3.63) is 88.1 Å². The number of ether oxygens (including phenoxy) is 1. The van der Waals surface area contributed by atoms with Gasteiger partial charge in [0, 0.05) is 17.5 Å². The molecule has 1 unspecified atom stereocenters. The van der Waals surface area contributed by atoms with E-state index in [1.54, 1.807) is 16.2 Å². The Morgan fingerprint density at radius 1 is 1.00 bits per heavy atom. The quantitative estimate of drug-likeness (QED) is 0.544. The molecular weight excluding hydrogens is 420 g/mol. The number of carbonyl (C=O) groups excluding carboxylic acids is 2. The summed E-state index contributed by atoms with van der Waals surface area (Å²) in [7, 11) is 0. The molecule has 0 N–H and O–H groups in total. The molecular formula is C26H26N2O3S. The van der Waals surface area contributed by atoms with Crippen LogP contribution in [0, 0.1) is 0 Å². The molecule has 6 heteroatoms. The van der Waals surface area contributed by atoms with Crippen LogP contribution in [0.2, 0.25) is 0 Å². The van der Waals surface area contributed by atoms with Crippen molar-refractivity contribution in [2.45, 2.75) is 31.3 Å². The van der Waals surface area contributed by atoms with E-state index in [-0.39, 0.29) is 37.0 Å². The number of rotatable bonds is 7. The summed E-state index contributed by atoms with van der Waals surface area (Å²) in [5, 5.41) is 2.11. The van der Waals surface area contributed by atoms with Gasteiger partial charge in [0.25, 0.3) is 5.91 Å². The van der Waals surface area contributed by atoms with Crippen LogP contribution in [0.1, 0.15) is 34.9 Å². The monoisotopic (exact) mass is 446 g/mol. The van der Waals surface area contributed by atoms with E-state index in [1.807, 2.05) is 53.4 Å². The van der Waals surface area contributed by atoms with Gasteiger partial charge < -0.3 is 14.5 Å². The topological polar surface area (TPSA) is 49.9 Å². The number of hydrogen-bond donors (Lipinski definition) is 0. The standard InChI is InChI=1S/C26H26N2O3S/c29-24(17-28(20-11-12-20)25(30)18-31-21-9-5-2-6-10-21)27-15-13-23-22(14-16-32-23)26(27)19-7-3-1-4-8-19/h1-10,14,16,20,26H,11-13,15,17-18H2.